The predicted octanol–water partition coefficient (Wildman–Crippen LogP) is 1.97. The van der Waals surface area contributed by atoms with Gasteiger partial charge < -0.3 is 9.64 Å². The number of hydrogen-bond donors (Lipinski definition) is 0. The van der Waals surface area contributed by atoms with Crippen molar-refractivity contribution in [3.63, 3.8) is 0 Å². The van der Waals surface area contributed by atoms with Crippen LogP contribution < -0.4 is 0 Å². The van der Waals surface area contributed by atoms with E-state index in [4.69, 9.17) is 4.74 Å². The minimum atomic E-state index is 0.168. The molecule has 1 saturated carbocycles. The number of nitrogens with zero attached hydrogens (tertiary/aromatic N) is 2. The second-order valence-electron chi connectivity index (χ2n) is 5.88. The molecule has 0 N–H and O–H groups in total. The highest BCUT2D eigenvalue weighted by Gasteiger charge is 2.33. The largest absolute Gasteiger partial charge is 0.377 e. The maximum absolute atomic E-state index is 5.89. The molecule has 3 nitrogen and oxygen atoms in total. The van der Waals surface area contributed by atoms with Crippen molar-refractivity contribution < 1.29 is 4.74 Å². The van der Waals surface area contributed by atoms with Gasteiger partial charge in [-0.1, -0.05) is 19.3 Å². The van der Waals surface area contributed by atoms with Gasteiger partial charge in [-0.05, 0) is 39.4 Å². The monoisotopic (exact) mass is 240 g/mol. The van der Waals surface area contributed by atoms with Crippen molar-refractivity contribution in [3.05, 3.63) is 0 Å². The second-order valence-corrected chi connectivity index (χ2v) is 5.88. The summed E-state index contributed by atoms with van der Waals surface area (Å²) in [6.07, 6.45) is 7.92. The molecule has 0 aromatic heterocycles. The Morgan fingerprint density at radius 3 is 2.41 bits per heavy atom. The number of methoxy groups -OCH3 is 1. The fraction of sp³-hybridized carbons (Fsp3) is 1.00. The zero-order valence-corrected chi connectivity index (χ0v) is 11.6. The summed E-state index contributed by atoms with van der Waals surface area (Å²) in [5.41, 5.74) is 0.168. The van der Waals surface area contributed by atoms with Gasteiger partial charge in [0.25, 0.3) is 0 Å². The lowest BCUT2D eigenvalue weighted by atomic mass is 9.84. The van der Waals surface area contributed by atoms with Gasteiger partial charge in [0.1, 0.15) is 0 Å². The molecule has 0 aromatic carbocycles. The fourth-order valence-corrected chi connectivity index (χ4v) is 3.29. The van der Waals surface area contributed by atoms with E-state index in [0.29, 0.717) is 0 Å². The first-order chi connectivity index (χ1) is 8.24. The van der Waals surface area contributed by atoms with Crippen molar-refractivity contribution in [2.45, 2.75) is 44.1 Å². The molecule has 0 atom stereocenters. The average Bonchev–Trinajstić information content (AvgIpc) is 2.56. The average molecular weight is 240 g/mol. The molecule has 17 heavy (non-hydrogen) atoms. The third-order valence-electron chi connectivity index (χ3n) is 4.52. The van der Waals surface area contributed by atoms with E-state index in [-0.39, 0.29) is 5.60 Å². The summed E-state index contributed by atoms with van der Waals surface area (Å²) in [7, 11) is 4.14. The first-order valence-electron chi connectivity index (χ1n) is 7.20. The van der Waals surface area contributed by atoms with E-state index < -0.39 is 0 Å². The smallest absolute Gasteiger partial charge is 0.0805 e. The van der Waals surface area contributed by atoms with Crippen LogP contribution in [0.1, 0.15) is 38.5 Å². The highest BCUT2D eigenvalue weighted by molar-refractivity contribution is 4.88. The van der Waals surface area contributed by atoms with Crippen LogP contribution in [-0.2, 0) is 4.74 Å². The lowest BCUT2D eigenvalue weighted by molar-refractivity contribution is -0.0611. The highest BCUT2D eigenvalue weighted by Crippen LogP contribution is 2.32. The van der Waals surface area contributed by atoms with Gasteiger partial charge in [-0.25, -0.2) is 0 Å². The third kappa shape index (κ3) is 3.67. The van der Waals surface area contributed by atoms with Crippen LogP contribution in [-0.4, -0.2) is 62.3 Å². The molecule has 1 aliphatic heterocycles. The Morgan fingerprint density at radius 2 is 1.71 bits per heavy atom. The van der Waals surface area contributed by atoms with Crippen molar-refractivity contribution in [1.82, 2.24) is 9.80 Å². The Labute approximate surface area is 106 Å². The zero-order valence-electron chi connectivity index (χ0n) is 11.6. The third-order valence-corrected chi connectivity index (χ3v) is 4.52. The quantitative estimate of drug-likeness (QED) is 0.750. The van der Waals surface area contributed by atoms with Crippen LogP contribution in [0.15, 0.2) is 0 Å². The Bertz CT molecular complexity index is 226. The van der Waals surface area contributed by atoms with Crippen LogP contribution in [0.3, 0.4) is 0 Å². The van der Waals surface area contributed by atoms with Crippen LogP contribution in [0.2, 0.25) is 0 Å². The van der Waals surface area contributed by atoms with E-state index in [0.717, 1.165) is 6.54 Å². The zero-order chi connectivity index (χ0) is 12.1. The molecule has 100 valence electrons. The fourth-order valence-electron chi connectivity index (χ4n) is 3.29. The number of likely N-dealkylation sites (N-methyl/N-ethyl adjacent to an activating group) is 1. The normalized spacial score (nSPS) is 27.9. The predicted molar refractivity (Wildman–Crippen MR) is 71.4 cm³/mol. The van der Waals surface area contributed by atoms with Gasteiger partial charge in [-0.2, -0.15) is 0 Å². The van der Waals surface area contributed by atoms with Crippen molar-refractivity contribution in [2.75, 3.05) is 46.9 Å². The highest BCUT2D eigenvalue weighted by atomic mass is 16.5. The molecular weight excluding hydrogens is 212 g/mol. The number of rotatable bonds is 3. The summed E-state index contributed by atoms with van der Waals surface area (Å²) in [6, 6.07) is 0. The molecule has 0 amide bonds. The second kappa shape index (κ2) is 6.17. The van der Waals surface area contributed by atoms with E-state index in [1.54, 1.807) is 0 Å². The molecule has 3 heteroatoms. The molecule has 0 bridgehead atoms. The van der Waals surface area contributed by atoms with Crippen molar-refractivity contribution in [3.8, 4) is 0 Å². The Balaban J connectivity index is 1.88. The van der Waals surface area contributed by atoms with Crippen LogP contribution >= 0.6 is 0 Å². The number of hydrogen-bond acceptors (Lipinski definition) is 3. The Kier molecular flexibility index (Phi) is 4.83. The molecular formula is C14H28N2O. The first-order valence-corrected chi connectivity index (χ1v) is 7.20. The van der Waals surface area contributed by atoms with Gasteiger partial charge in [0, 0.05) is 26.7 Å². The van der Waals surface area contributed by atoms with Crippen LogP contribution in [0, 0.1) is 0 Å². The lowest BCUT2D eigenvalue weighted by Gasteiger charge is -2.39. The standard InChI is InChI=1S/C14H28N2O/c1-15-9-6-10-16(12-11-15)13-14(17-2)7-4-3-5-8-14/h3-13H2,1-2H3. The molecule has 1 heterocycles. The maximum Gasteiger partial charge on any atom is 0.0805 e. The minimum Gasteiger partial charge on any atom is -0.377 e. The van der Waals surface area contributed by atoms with Gasteiger partial charge >= 0.3 is 0 Å². The number of ether oxygens (including phenoxy) is 1. The van der Waals surface area contributed by atoms with E-state index in [9.17, 15) is 0 Å². The maximum atomic E-state index is 5.89. The molecule has 2 rings (SSSR count). The van der Waals surface area contributed by atoms with Crippen molar-refractivity contribution >= 4 is 0 Å². The van der Waals surface area contributed by atoms with E-state index in [2.05, 4.69) is 16.8 Å². The van der Waals surface area contributed by atoms with Crippen LogP contribution in [0.5, 0.6) is 0 Å². The Hall–Kier alpha value is -0.120. The summed E-state index contributed by atoms with van der Waals surface area (Å²) < 4.78 is 5.89. The minimum absolute atomic E-state index is 0.168. The molecule has 2 aliphatic rings. The molecule has 1 saturated heterocycles. The SMILES string of the molecule is COC1(CN2CCCN(C)CC2)CCCCC1. The molecule has 2 fully saturated rings. The van der Waals surface area contributed by atoms with Crippen molar-refractivity contribution in [2.24, 2.45) is 0 Å². The van der Waals surface area contributed by atoms with Crippen LogP contribution in [0.4, 0.5) is 0 Å². The Morgan fingerprint density at radius 1 is 0.941 bits per heavy atom. The summed E-state index contributed by atoms with van der Waals surface area (Å²) in [4.78, 5) is 5.07. The molecule has 1 aliphatic carbocycles. The van der Waals surface area contributed by atoms with Gasteiger partial charge in [0.2, 0.25) is 0 Å². The molecule has 0 radical (unpaired) electrons. The molecule has 0 unspecified atom stereocenters. The van der Waals surface area contributed by atoms with E-state index >= 15 is 0 Å². The summed E-state index contributed by atoms with van der Waals surface area (Å²) in [5.74, 6) is 0. The van der Waals surface area contributed by atoms with Gasteiger partial charge in [-0.3, -0.25) is 4.90 Å². The topological polar surface area (TPSA) is 15.7 Å². The van der Waals surface area contributed by atoms with E-state index in [1.165, 1.54) is 64.7 Å². The van der Waals surface area contributed by atoms with Gasteiger partial charge in [0.05, 0.1) is 5.60 Å². The van der Waals surface area contributed by atoms with E-state index in [1.807, 2.05) is 7.11 Å². The summed E-state index contributed by atoms with van der Waals surface area (Å²) in [6.45, 7) is 6.06. The molecule has 0 aromatic rings. The van der Waals surface area contributed by atoms with Crippen LogP contribution in [0.25, 0.3) is 0 Å². The van der Waals surface area contributed by atoms with Gasteiger partial charge in [-0.15, -0.1) is 0 Å². The first kappa shape index (κ1) is 13.3. The van der Waals surface area contributed by atoms with Gasteiger partial charge in [0.15, 0.2) is 0 Å². The van der Waals surface area contributed by atoms with Crippen molar-refractivity contribution in [1.29, 1.82) is 0 Å². The summed E-state index contributed by atoms with van der Waals surface area (Å²) >= 11 is 0. The molecule has 0 spiro atoms. The lowest BCUT2D eigenvalue weighted by Crippen LogP contribution is -2.46. The summed E-state index contributed by atoms with van der Waals surface area (Å²) in [5, 5.41) is 0.